The van der Waals surface area contributed by atoms with Crippen LogP contribution in [0.15, 0.2) is 12.3 Å². The molecule has 0 saturated heterocycles. The molecule has 0 atom stereocenters. The van der Waals surface area contributed by atoms with E-state index < -0.39 is 0 Å². The minimum absolute atomic E-state index is 0.578. The number of hydrogen-bond donors (Lipinski definition) is 1. The third kappa shape index (κ3) is 2.29. The number of aromatic nitrogens is 3. The fourth-order valence-corrected chi connectivity index (χ4v) is 2.62. The molecule has 0 bridgehead atoms. The van der Waals surface area contributed by atoms with Gasteiger partial charge in [-0.15, -0.1) is 11.3 Å². The number of nitrogens with one attached hydrogen (secondary N) is 1. The van der Waals surface area contributed by atoms with E-state index in [1.807, 2.05) is 26.1 Å². The van der Waals surface area contributed by atoms with Crippen LogP contribution in [-0.4, -0.2) is 21.0 Å². The molecule has 0 aromatic carbocycles. The zero-order valence-corrected chi connectivity index (χ0v) is 10.7. The van der Waals surface area contributed by atoms with Gasteiger partial charge in [-0.1, -0.05) is 0 Å². The van der Waals surface area contributed by atoms with Gasteiger partial charge in [-0.05, 0) is 32.8 Å². The molecule has 88 valence electrons. The Kier molecular flexibility index (Phi) is 2.55. The number of nitrogens with zero attached hydrogens (tertiary/aromatic N) is 3. The molecule has 0 spiro atoms. The normalized spacial score (nSPS) is 14.9. The molecule has 0 amide bonds. The third-order valence-corrected chi connectivity index (χ3v) is 3.80. The quantitative estimate of drug-likeness (QED) is 0.904. The zero-order valence-electron chi connectivity index (χ0n) is 9.90. The second kappa shape index (κ2) is 4.07. The summed E-state index contributed by atoms with van der Waals surface area (Å²) in [6, 6.07) is 2.52. The highest BCUT2D eigenvalue weighted by Gasteiger charge is 2.22. The van der Waals surface area contributed by atoms with Crippen LogP contribution in [0.5, 0.6) is 0 Å². The van der Waals surface area contributed by atoms with Gasteiger partial charge in [0.1, 0.15) is 0 Å². The first-order valence-electron chi connectivity index (χ1n) is 5.76. The SMILES string of the molecule is Cc1nc(C)c(-c2ccnc(NC3CC3)n2)s1. The highest BCUT2D eigenvalue weighted by molar-refractivity contribution is 7.15. The average molecular weight is 246 g/mol. The van der Waals surface area contributed by atoms with E-state index in [1.165, 1.54) is 12.8 Å². The van der Waals surface area contributed by atoms with Gasteiger partial charge in [0, 0.05) is 12.2 Å². The summed E-state index contributed by atoms with van der Waals surface area (Å²) < 4.78 is 0. The molecule has 1 fully saturated rings. The predicted molar refractivity (Wildman–Crippen MR) is 69.3 cm³/mol. The number of thiazole rings is 1. The van der Waals surface area contributed by atoms with Crippen molar-refractivity contribution in [3.05, 3.63) is 23.0 Å². The lowest BCUT2D eigenvalue weighted by atomic mass is 10.3. The molecule has 3 rings (SSSR count). The van der Waals surface area contributed by atoms with Gasteiger partial charge >= 0.3 is 0 Å². The van der Waals surface area contributed by atoms with Crippen molar-refractivity contribution >= 4 is 17.3 Å². The Morgan fingerprint density at radius 1 is 1.29 bits per heavy atom. The fourth-order valence-electron chi connectivity index (χ4n) is 1.73. The van der Waals surface area contributed by atoms with E-state index in [1.54, 1.807) is 11.3 Å². The highest BCUT2D eigenvalue weighted by Crippen LogP contribution is 2.29. The van der Waals surface area contributed by atoms with Crippen molar-refractivity contribution in [3.63, 3.8) is 0 Å². The van der Waals surface area contributed by atoms with E-state index in [9.17, 15) is 0 Å². The maximum atomic E-state index is 4.55. The first-order chi connectivity index (χ1) is 8.22. The first-order valence-corrected chi connectivity index (χ1v) is 6.58. The van der Waals surface area contributed by atoms with Crippen LogP contribution in [0.1, 0.15) is 23.5 Å². The Labute approximate surface area is 104 Å². The molecule has 5 heteroatoms. The van der Waals surface area contributed by atoms with Gasteiger partial charge in [-0.3, -0.25) is 0 Å². The molecule has 2 aromatic rings. The predicted octanol–water partition coefficient (Wildman–Crippen LogP) is 2.79. The average Bonchev–Trinajstić information content (AvgIpc) is 3.03. The lowest BCUT2D eigenvalue weighted by Gasteiger charge is -2.03. The molecular formula is C12H14N4S. The van der Waals surface area contributed by atoms with Crippen molar-refractivity contribution < 1.29 is 0 Å². The summed E-state index contributed by atoms with van der Waals surface area (Å²) in [7, 11) is 0. The van der Waals surface area contributed by atoms with Crippen LogP contribution in [0.25, 0.3) is 10.6 Å². The summed E-state index contributed by atoms with van der Waals surface area (Å²) in [5.41, 5.74) is 2.01. The Morgan fingerprint density at radius 3 is 2.76 bits per heavy atom. The van der Waals surface area contributed by atoms with Crippen molar-refractivity contribution in [2.75, 3.05) is 5.32 Å². The molecule has 1 aliphatic rings. The summed E-state index contributed by atoms with van der Waals surface area (Å²) >= 11 is 1.68. The Hall–Kier alpha value is -1.49. The smallest absolute Gasteiger partial charge is 0.223 e. The number of anilines is 1. The molecule has 0 radical (unpaired) electrons. The van der Waals surface area contributed by atoms with Crippen molar-refractivity contribution in [3.8, 4) is 10.6 Å². The van der Waals surface area contributed by atoms with Crippen molar-refractivity contribution in [1.29, 1.82) is 0 Å². The molecule has 1 saturated carbocycles. The second-order valence-corrected chi connectivity index (χ2v) is 5.53. The lowest BCUT2D eigenvalue weighted by molar-refractivity contribution is 1.06. The van der Waals surface area contributed by atoms with Gasteiger partial charge in [-0.2, -0.15) is 0 Å². The molecule has 1 aliphatic carbocycles. The van der Waals surface area contributed by atoms with Crippen LogP contribution in [0.4, 0.5) is 5.95 Å². The minimum Gasteiger partial charge on any atom is -0.351 e. The van der Waals surface area contributed by atoms with E-state index in [0.29, 0.717) is 6.04 Å². The molecule has 1 N–H and O–H groups in total. The minimum atomic E-state index is 0.578. The number of hydrogen-bond acceptors (Lipinski definition) is 5. The van der Waals surface area contributed by atoms with Gasteiger partial charge in [0.15, 0.2) is 0 Å². The maximum Gasteiger partial charge on any atom is 0.223 e. The summed E-state index contributed by atoms with van der Waals surface area (Å²) in [6.45, 7) is 4.04. The molecule has 2 heterocycles. The largest absolute Gasteiger partial charge is 0.351 e. The molecule has 0 aliphatic heterocycles. The van der Waals surface area contributed by atoms with Gasteiger partial charge in [0.25, 0.3) is 0 Å². The summed E-state index contributed by atoms with van der Waals surface area (Å²) in [5.74, 6) is 0.732. The van der Waals surface area contributed by atoms with Crippen molar-refractivity contribution in [1.82, 2.24) is 15.0 Å². The van der Waals surface area contributed by atoms with Gasteiger partial charge in [0.2, 0.25) is 5.95 Å². The van der Waals surface area contributed by atoms with E-state index in [0.717, 1.165) is 27.2 Å². The Balaban J connectivity index is 1.93. The summed E-state index contributed by atoms with van der Waals surface area (Å²) in [5, 5.41) is 4.39. The van der Waals surface area contributed by atoms with Crippen LogP contribution in [0.2, 0.25) is 0 Å². The molecule has 17 heavy (non-hydrogen) atoms. The fraction of sp³-hybridized carbons (Fsp3) is 0.417. The van der Waals surface area contributed by atoms with Gasteiger partial charge in [-0.25, -0.2) is 15.0 Å². The topological polar surface area (TPSA) is 50.7 Å². The van der Waals surface area contributed by atoms with Crippen molar-refractivity contribution in [2.24, 2.45) is 0 Å². The summed E-state index contributed by atoms with van der Waals surface area (Å²) in [4.78, 5) is 14.4. The molecular weight excluding hydrogens is 232 g/mol. The van der Waals surface area contributed by atoms with E-state index in [4.69, 9.17) is 0 Å². The molecule has 4 nitrogen and oxygen atoms in total. The lowest BCUT2D eigenvalue weighted by Crippen LogP contribution is -2.05. The second-order valence-electron chi connectivity index (χ2n) is 4.33. The van der Waals surface area contributed by atoms with E-state index in [-0.39, 0.29) is 0 Å². The molecule has 0 unspecified atom stereocenters. The van der Waals surface area contributed by atoms with Crippen LogP contribution in [0.3, 0.4) is 0 Å². The van der Waals surface area contributed by atoms with Gasteiger partial charge < -0.3 is 5.32 Å². The van der Waals surface area contributed by atoms with Crippen LogP contribution in [-0.2, 0) is 0 Å². The Bertz CT molecular complexity index is 545. The standard InChI is InChI=1S/C12H14N4S/c1-7-11(17-8(2)14-7)10-5-6-13-12(16-10)15-9-3-4-9/h5-6,9H,3-4H2,1-2H3,(H,13,15,16). The summed E-state index contributed by atoms with van der Waals surface area (Å²) in [6.07, 6.45) is 4.26. The van der Waals surface area contributed by atoms with Crippen LogP contribution >= 0.6 is 11.3 Å². The van der Waals surface area contributed by atoms with Crippen LogP contribution in [0, 0.1) is 13.8 Å². The Morgan fingerprint density at radius 2 is 2.12 bits per heavy atom. The van der Waals surface area contributed by atoms with Crippen molar-refractivity contribution in [2.45, 2.75) is 32.7 Å². The maximum absolute atomic E-state index is 4.55. The van der Waals surface area contributed by atoms with E-state index in [2.05, 4.69) is 20.3 Å². The van der Waals surface area contributed by atoms with Crippen LogP contribution < -0.4 is 5.32 Å². The van der Waals surface area contributed by atoms with Gasteiger partial charge in [0.05, 0.1) is 21.3 Å². The highest BCUT2D eigenvalue weighted by atomic mass is 32.1. The number of rotatable bonds is 3. The number of aryl methyl sites for hydroxylation is 2. The third-order valence-electron chi connectivity index (χ3n) is 2.70. The monoisotopic (exact) mass is 246 g/mol. The zero-order chi connectivity index (χ0) is 11.8. The first kappa shape index (κ1) is 10.7. The van der Waals surface area contributed by atoms with E-state index >= 15 is 0 Å². The molecule has 2 aromatic heterocycles.